The molecule has 0 saturated carbocycles. The first kappa shape index (κ1) is 15.3. The lowest BCUT2D eigenvalue weighted by Gasteiger charge is -2.03. The number of hydrogen-bond donors (Lipinski definition) is 0. The Morgan fingerprint density at radius 2 is 1.70 bits per heavy atom. The molecule has 0 aliphatic heterocycles. The lowest BCUT2D eigenvalue weighted by Crippen LogP contribution is -1.95. The summed E-state index contributed by atoms with van der Waals surface area (Å²) < 4.78 is 11.3. The molecule has 0 saturated heterocycles. The highest BCUT2D eigenvalue weighted by molar-refractivity contribution is 5.55. The van der Waals surface area contributed by atoms with E-state index in [1.165, 1.54) is 5.56 Å². The van der Waals surface area contributed by atoms with Gasteiger partial charge in [-0.3, -0.25) is 0 Å². The standard InChI is InChI=1S/C20H21NO2/c1-14(2)19-18(13-15-7-5-4-6-8-15)23-20(21-19)16-9-11-17(22-3)12-10-16/h4-12,14H,13H2,1-3H3. The van der Waals surface area contributed by atoms with Gasteiger partial charge in [0, 0.05) is 12.0 Å². The van der Waals surface area contributed by atoms with Gasteiger partial charge in [-0.2, -0.15) is 0 Å². The zero-order valence-corrected chi connectivity index (χ0v) is 13.7. The van der Waals surface area contributed by atoms with Crippen LogP contribution < -0.4 is 4.74 Å². The second-order valence-electron chi connectivity index (χ2n) is 5.87. The average Bonchev–Trinajstić information content (AvgIpc) is 3.00. The number of rotatable bonds is 5. The van der Waals surface area contributed by atoms with Gasteiger partial charge < -0.3 is 9.15 Å². The Morgan fingerprint density at radius 3 is 2.30 bits per heavy atom. The number of ether oxygens (including phenoxy) is 1. The van der Waals surface area contributed by atoms with Crippen molar-refractivity contribution in [1.82, 2.24) is 4.98 Å². The number of oxazole rings is 1. The molecule has 0 radical (unpaired) electrons. The molecule has 0 aliphatic rings. The summed E-state index contributed by atoms with van der Waals surface area (Å²) in [5.74, 6) is 2.76. The molecule has 1 heterocycles. The molecule has 0 bridgehead atoms. The second kappa shape index (κ2) is 6.69. The Labute approximate surface area is 136 Å². The van der Waals surface area contributed by atoms with Gasteiger partial charge in [0.2, 0.25) is 5.89 Å². The summed E-state index contributed by atoms with van der Waals surface area (Å²) in [4.78, 5) is 4.72. The molecule has 23 heavy (non-hydrogen) atoms. The Bertz CT molecular complexity index is 758. The molecule has 3 rings (SSSR count). The fourth-order valence-electron chi connectivity index (χ4n) is 2.58. The van der Waals surface area contributed by atoms with Crippen LogP contribution in [0.5, 0.6) is 5.75 Å². The topological polar surface area (TPSA) is 35.3 Å². The molecule has 3 heteroatoms. The normalized spacial score (nSPS) is 11.0. The largest absolute Gasteiger partial charge is 0.497 e. The van der Waals surface area contributed by atoms with Crippen LogP contribution in [0.1, 0.15) is 36.8 Å². The summed E-state index contributed by atoms with van der Waals surface area (Å²) in [7, 11) is 1.66. The number of methoxy groups -OCH3 is 1. The lowest BCUT2D eigenvalue weighted by atomic mass is 10.0. The predicted octanol–water partition coefficient (Wildman–Crippen LogP) is 5.06. The summed E-state index contributed by atoms with van der Waals surface area (Å²) in [6.45, 7) is 4.29. The Morgan fingerprint density at radius 1 is 1.00 bits per heavy atom. The lowest BCUT2D eigenvalue weighted by molar-refractivity contribution is 0.415. The van der Waals surface area contributed by atoms with Gasteiger partial charge in [0.05, 0.1) is 12.8 Å². The molecule has 1 aromatic heterocycles. The van der Waals surface area contributed by atoms with Crippen LogP contribution in [-0.2, 0) is 6.42 Å². The first-order valence-electron chi connectivity index (χ1n) is 7.85. The fraction of sp³-hybridized carbons (Fsp3) is 0.250. The molecule has 0 fully saturated rings. The van der Waals surface area contributed by atoms with Crippen molar-refractivity contribution in [2.45, 2.75) is 26.2 Å². The van der Waals surface area contributed by atoms with E-state index in [1.54, 1.807) is 7.11 Å². The van der Waals surface area contributed by atoms with E-state index in [1.807, 2.05) is 42.5 Å². The SMILES string of the molecule is COc1ccc(-c2nc(C(C)C)c(Cc3ccccc3)o2)cc1. The summed E-state index contributed by atoms with van der Waals surface area (Å²) in [6.07, 6.45) is 0.761. The van der Waals surface area contributed by atoms with Crippen molar-refractivity contribution in [2.24, 2.45) is 0 Å². The van der Waals surface area contributed by atoms with Crippen LogP contribution in [0, 0.1) is 0 Å². The van der Waals surface area contributed by atoms with Crippen molar-refractivity contribution in [3.8, 4) is 17.2 Å². The quantitative estimate of drug-likeness (QED) is 0.660. The monoisotopic (exact) mass is 307 g/mol. The minimum atomic E-state index is 0.324. The van der Waals surface area contributed by atoms with Gasteiger partial charge in [0.1, 0.15) is 11.5 Å². The van der Waals surface area contributed by atoms with E-state index in [2.05, 4.69) is 26.0 Å². The van der Waals surface area contributed by atoms with Crippen LogP contribution in [0.2, 0.25) is 0 Å². The highest BCUT2D eigenvalue weighted by Gasteiger charge is 2.17. The summed E-state index contributed by atoms with van der Waals surface area (Å²) in [5.41, 5.74) is 3.22. The zero-order chi connectivity index (χ0) is 16.2. The third-order valence-electron chi connectivity index (χ3n) is 3.82. The second-order valence-corrected chi connectivity index (χ2v) is 5.87. The maximum atomic E-state index is 6.09. The van der Waals surface area contributed by atoms with E-state index < -0.39 is 0 Å². The summed E-state index contributed by atoms with van der Waals surface area (Å²) >= 11 is 0. The van der Waals surface area contributed by atoms with Gasteiger partial charge >= 0.3 is 0 Å². The van der Waals surface area contributed by atoms with Gasteiger partial charge in [-0.1, -0.05) is 44.2 Å². The molecule has 0 amide bonds. The van der Waals surface area contributed by atoms with E-state index in [-0.39, 0.29) is 0 Å². The van der Waals surface area contributed by atoms with Crippen molar-refractivity contribution in [1.29, 1.82) is 0 Å². The molecule has 0 N–H and O–H groups in total. The molecule has 0 spiro atoms. The molecule has 3 nitrogen and oxygen atoms in total. The summed E-state index contributed by atoms with van der Waals surface area (Å²) in [5, 5.41) is 0. The van der Waals surface area contributed by atoms with Gasteiger partial charge in [0.15, 0.2) is 0 Å². The molecule has 118 valence electrons. The van der Waals surface area contributed by atoms with Crippen molar-refractivity contribution in [3.63, 3.8) is 0 Å². The smallest absolute Gasteiger partial charge is 0.226 e. The Hall–Kier alpha value is -2.55. The van der Waals surface area contributed by atoms with Crippen LogP contribution in [0.3, 0.4) is 0 Å². The maximum Gasteiger partial charge on any atom is 0.226 e. The van der Waals surface area contributed by atoms with Crippen LogP contribution in [-0.4, -0.2) is 12.1 Å². The van der Waals surface area contributed by atoms with Gasteiger partial charge in [-0.05, 0) is 35.7 Å². The van der Waals surface area contributed by atoms with Crippen molar-refractivity contribution < 1.29 is 9.15 Å². The van der Waals surface area contributed by atoms with Crippen LogP contribution in [0.15, 0.2) is 59.0 Å². The van der Waals surface area contributed by atoms with Gasteiger partial charge in [-0.25, -0.2) is 4.98 Å². The minimum absolute atomic E-state index is 0.324. The van der Waals surface area contributed by atoms with Gasteiger partial charge in [0.25, 0.3) is 0 Å². The predicted molar refractivity (Wildman–Crippen MR) is 91.8 cm³/mol. The first-order chi connectivity index (χ1) is 11.2. The third-order valence-corrected chi connectivity index (χ3v) is 3.82. The van der Waals surface area contributed by atoms with Crippen molar-refractivity contribution >= 4 is 0 Å². The number of aromatic nitrogens is 1. The Balaban J connectivity index is 1.94. The average molecular weight is 307 g/mol. The van der Waals surface area contributed by atoms with Crippen molar-refractivity contribution in [2.75, 3.05) is 7.11 Å². The van der Waals surface area contributed by atoms with E-state index in [9.17, 15) is 0 Å². The van der Waals surface area contributed by atoms with E-state index >= 15 is 0 Å². The molecule has 0 unspecified atom stereocenters. The molecule has 3 aromatic rings. The molecular weight excluding hydrogens is 286 g/mol. The number of benzene rings is 2. The van der Waals surface area contributed by atoms with E-state index in [0.717, 1.165) is 29.2 Å². The van der Waals surface area contributed by atoms with Gasteiger partial charge in [-0.15, -0.1) is 0 Å². The van der Waals surface area contributed by atoms with E-state index in [4.69, 9.17) is 14.1 Å². The summed E-state index contributed by atoms with van der Waals surface area (Å²) in [6, 6.07) is 18.1. The molecule has 2 aromatic carbocycles. The van der Waals surface area contributed by atoms with Crippen LogP contribution >= 0.6 is 0 Å². The number of nitrogens with zero attached hydrogens (tertiary/aromatic N) is 1. The first-order valence-corrected chi connectivity index (χ1v) is 7.85. The highest BCUT2D eigenvalue weighted by atomic mass is 16.5. The fourth-order valence-corrected chi connectivity index (χ4v) is 2.58. The van der Waals surface area contributed by atoms with Crippen LogP contribution in [0.25, 0.3) is 11.5 Å². The van der Waals surface area contributed by atoms with E-state index in [0.29, 0.717) is 11.8 Å². The Kier molecular flexibility index (Phi) is 4.47. The number of hydrogen-bond acceptors (Lipinski definition) is 3. The minimum Gasteiger partial charge on any atom is -0.497 e. The molecule has 0 atom stereocenters. The van der Waals surface area contributed by atoms with Crippen LogP contribution in [0.4, 0.5) is 0 Å². The molecule has 0 aliphatic carbocycles. The molecular formula is C20H21NO2. The maximum absolute atomic E-state index is 6.09. The third kappa shape index (κ3) is 3.45. The highest BCUT2D eigenvalue weighted by Crippen LogP contribution is 2.29. The zero-order valence-electron chi connectivity index (χ0n) is 13.7. The van der Waals surface area contributed by atoms with Crippen molar-refractivity contribution in [3.05, 3.63) is 71.6 Å².